The molecule has 0 aromatic heterocycles. The van der Waals surface area contributed by atoms with E-state index in [-0.39, 0.29) is 42.1 Å². The van der Waals surface area contributed by atoms with Crippen LogP contribution in [0.15, 0.2) is 0 Å². The number of hydrogen-bond acceptors (Lipinski definition) is 3. The fraction of sp³-hybridized carbons (Fsp3) is 0.857. The molecule has 4 atom stereocenters. The molecule has 0 bridgehead atoms. The van der Waals surface area contributed by atoms with E-state index < -0.39 is 0 Å². The molecule has 0 aromatic rings. The van der Waals surface area contributed by atoms with Crippen LogP contribution in [-0.4, -0.2) is 30.4 Å². The Morgan fingerprint density at radius 3 is 2.55 bits per heavy atom. The van der Waals surface area contributed by atoms with Gasteiger partial charge in [0.2, 0.25) is 11.8 Å². The molecule has 2 fully saturated rings. The van der Waals surface area contributed by atoms with E-state index in [9.17, 15) is 9.59 Å². The molecule has 0 radical (unpaired) electrons. The number of nitrogens with one attached hydrogen (secondary N) is 2. The van der Waals surface area contributed by atoms with Gasteiger partial charge in [0.25, 0.3) is 0 Å². The fourth-order valence-electron chi connectivity index (χ4n) is 3.31. The van der Waals surface area contributed by atoms with Gasteiger partial charge in [-0.15, -0.1) is 12.4 Å². The first-order valence-electron chi connectivity index (χ1n) is 7.41. The van der Waals surface area contributed by atoms with Crippen LogP contribution in [0.3, 0.4) is 0 Å². The molecule has 1 heterocycles. The van der Waals surface area contributed by atoms with Crippen molar-refractivity contribution in [3.63, 3.8) is 0 Å². The lowest BCUT2D eigenvalue weighted by atomic mass is 9.83. The minimum atomic E-state index is -0.274. The maximum atomic E-state index is 12.3. The predicted octanol–water partition coefficient (Wildman–Crippen LogP) is 0.957. The van der Waals surface area contributed by atoms with E-state index in [1.165, 1.54) is 0 Å². The molecule has 4 N–H and O–H groups in total. The fourth-order valence-corrected chi connectivity index (χ4v) is 3.31. The van der Waals surface area contributed by atoms with E-state index in [1.54, 1.807) is 0 Å². The van der Waals surface area contributed by atoms with Gasteiger partial charge in [0, 0.05) is 18.0 Å². The predicted molar refractivity (Wildman–Crippen MR) is 80.5 cm³/mol. The third kappa shape index (κ3) is 4.35. The zero-order valence-electron chi connectivity index (χ0n) is 12.1. The molecule has 1 aliphatic heterocycles. The Bertz CT molecular complexity index is 351. The zero-order chi connectivity index (χ0) is 13.8. The highest BCUT2D eigenvalue weighted by Crippen LogP contribution is 2.25. The largest absolute Gasteiger partial charge is 0.369 e. The number of carbonyl (C=O) groups excluding carboxylic acids is 2. The van der Waals surface area contributed by atoms with E-state index in [2.05, 4.69) is 17.6 Å². The van der Waals surface area contributed by atoms with Crippen LogP contribution < -0.4 is 16.4 Å². The molecule has 2 amide bonds. The number of halogens is 1. The second kappa shape index (κ2) is 7.84. The Hall–Kier alpha value is -0.810. The summed E-state index contributed by atoms with van der Waals surface area (Å²) in [7, 11) is 0. The van der Waals surface area contributed by atoms with Gasteiger partial charge in [-0.3, -0.25) is 9.59 Å². The molecule has 20 heavy (non-hydrogen) atoms. The Kier molecular flexibility index (Phi) is 6.76. The number of nitrogens with two attached hydrogens (primary N) is 1. The normalized spacial score (nSPS) is 33.9. The monoisotopic (exact) mass is 303 g/mol. The van der Waals surface area contributed by atoms with Gasteiger partial charge in [-0.05, 0) is 39.2 Å². The van der Waals surface area contributed by atoms with Crippen molar-refractivity contribution in [2.45, 2.75) is 57.5 Å². The topological polar surface area (TPSA) is 84.2 Å². The van der Waals surface area contributed by atoms with Gasteiger partial charge in [-0.1, -0.05) is 12.8 Å². The molecule has 0 spiro atoms. The van der Waals surface area contributed by atoms with Crippen LogP contribution >= 0.6 is 12.4 Å². The van der Waals surface area contributed by atoms with Crippen LogP contribution in [0.5, 0.6) is 0 Å². The van der Waals surface area contributed by atoms with Crippen LogP contribution in [0.4, 0.5) is 0 Å². The van der Waals surface area contributed by atoms with Gasteiger partial charge in [0.1, 0.15) is 0 Å². The lowest BCUT2D eigenvalue weighted by molar-refractivity contribution is -0.129. The molecule has 6 heteroatoms. The standard InChI is InChI=1S/C14H25N3O2.ClH/c1-9-8-10(6-7-16-9)14(19)17-12-5-3-2-4-11(12)13(15)18;/h9-12,16H,2-8H2,1H3,(H2,15,18)(H,17,19);1H/t9-,10-,11?,12?;/m0./s1. The van der Waals surface area contributed by atoms with Gasteiger partial charge in [0.05, 0.1) is 5.92 Å². The molecular formula is C14H26ClN3O2. The average molecular weight is 304 g/mol. The van der Waals surface area contributed by atoms with Gasteiger partial charge >= 0.3 is 0 Å². The first-order chi connectivity index (χ1) is 9.08. The second-order valence-corrected chi connectivity index (χ2v) is 5.98. The van der Waals surface area contributed by atoms with E-state index >= 15 is 0 Å². The highest BCUT2D eigenvalue weighted by atomic mass is 35.5. The van der Waals surface area contributed by atoms with Crippen molar-refractivity contribution in [3.8, 4) is 0 Å². The molecule has 2 aliphatic rings. The van der Waals surface area contributed by atoms with Crippen LogP contribution in [0.2, 0.25) is 0 Å². The maximum Gasteiger partial charge on any atom is 0.223 e. The van der Waals surface area contributed by atoms with Crippen molar-refractivity contribution in [1.82, 2.24) is 10.6 Å². The molecule has 1 saturated carbocycles. The molecular weight excluding hydrogens is 278 g/mol. The van der Waals surface area contributed by atoms with Crippen molar-refractivity contribution < 1.29 is 9.59 Å². The lowest BCUT2D eigenvalue weighted by Crippen LogP contribution is -2.50. The summed E-state index contributed by atoms with van der Waals surface area (Å²) >= 11 is 0. The van der Waals surface area contributed by atoms with E-state index in [0.717, 1.165) is 45.1 Å². The lowest BCUT2D eigenvalue weighted by Gasteiger charge is -2.33. The number of rotatable bonds is 3. The van der Waals surface area contributed by atoms with Gasteiger partial charge in [0.15, 0.2) is 0 Å². The van der Waals surface area contributed by atoms with Crippen molar-refractivity contribution in [3.05, 3.63) is 0 Å². The quantitative estimate of drug-likeness (QED) is 0.726. The molecule has 1 aliphatic carbocycles. The summed E-state index contributed by atoms with van der Waals surface area (Å²) < 4.78 is 0. The zero-order valence-corrected chi connectivity index (χ0v) is 12.9. The minimum absolute atomic E-state index is 0. The number of carbonyl (C=O) groups is 2. The number of primary amides is 1. The van der Waals surface area contributed by atoms with Crippen LogP contribution in [-0.2, 0) is 9.59 Å². The third-order valence-electron chi connectivity index (χ3n) is 4.45. The summed E-state index contributed by atoms with van der Waals surface area (Å²) in [5, 5.41) is 6.42. The maximum absolute atomic E-state index is 12.3. The van der Waals surface area contributed by atoms with Crippen LogP contribution in [0, 0.1) is 11.8 Å². The number of hydrogen-bond donors (Lipinski definition) is 3. The smallest absolute Gasteiger partial charge is 0.223 e. The Balaban J connectivity index is 0.00000200. The van der Waals surface area contributed by atoms with Gasteiger partial charge in [-0.25, -0.2) is 0 Å². The van der Waals surface area contributed by atoms with Crippen LogP contribution in [0.1, 0.15) is 45.4 Å². The molecule has 0 aromatic carbocycles. The first-order valence-corrected chi connectivity index (χ1v) is 7.41. The molecule has 116 valence electrons. The summed E-state index contributed by atoms with van der Waals surface area (Å²) in [6.07, 6.45) is 5.54. The number of piperidine rings is 1. The van der Waals surface area contributed by atoms with Crippen molar-refractivity contribution in [2.75, 3.05) is 6.54 Å². The van der Waals surface area contributed by atoms with Crippen molar-refractivity contribution in [2.24, 2.45) is 17.6 Å². The molecule has 1 saturated heterocycles. The summed E-state index contributed by atoms with van der Waals surface area (Å²) in [5.41, 5.74) is 5.43. The average Bonchev–Trinajstić information content (AvgIpc) is 2.39. The molecule has 5 nitrogen and oxygen atoms in total. The Morgan fingerprint density at radius 2 is 1.90 bits per heavy atom. The van der Waals surface area contributed by atoms with E-state index in [1.807, 2.05) is 0 Å². The SMILES string of the molecule is C[C@H]1C[C@@H](C(=O)NC2CCCCC2C(N)=O)CCN1.Cl. The summed E-state index contributed by atoms with van der Waals surface area (Å²) in [4.78, 5) is 23.7. The van der Waals surface area contributed by atoms with Crippen LogP contribution in [0.25, 0.3) is 0 Å². The highest BCUT2D eigenvalue weighted by Gasteiger charge is 2.33. The highest BCUT2D eigenvalue weighted by molar-refractivity contribution is 5.85. The summed E-state index contributed by atoms with van der Waals surface area (Å²) in [6, 6.07) is 0.340. The van der Waals surface area contributed by atoms with E-state index in [0.29, 0.717) is 6.04 Å². The summed E-state index contributed by atoms with van der Waals surface area (Å²) in [5.74, 6) is -0.279. The Labute approximate surface area is 126 Å². The summed E-state index contributed by atoms with van der Waals surface area (Å²) in [6.45, 7) is 3.00. The third-order valence-corrected chi connectivity index (χ3v) is 4.45. The molecule has 2 rings (SSSR count). The number of amides is 2. The van der Waals surface area contributed by atoms with Crippen molar-refractivity contribution in [1.29, 1.82) is 0 Å². The second-order valence-electron chi connectivity index (χ2n) is 5.98. The van der Waals surface area contributed by atoms with Gasteiger partial charge in [-0.2, -0.15) is 0 Å². The molecule has 2 unspecified atom stereocenters. The minimum Gasteiger partial charge on any atom is -0.369 e. The Morgan fingerprint density at radius 1 is 1.20 bits per heavy atom. The van der Waals surface area contributed by atoms with Gasteiger partial charge < -0.3 is 16.4 Å². The first kappa shape index (κ1) is 17.2. The van der Waals surface area contributed by atoms with E-state index in [4.69, 9.17) is 5.73 Å². The van der Waals surface area contributed by atoms with Crippen molar-refractivity contribution >= 4 is 24.2 Å².